The van der Waals surface area contributed by atoms with Gasteiger partial charge >= 0.3 is 10.1 Å². The Hall–Kier alpha value is -2.69. The van der Waals surface area contributed by atoms with Gasteiger partial charge in [-0.05, 0) is 61.9 Å². The molecule has 0 unspecified atom stereocenters. The monoisotopic (exact) mass is 578 g/mol. The summed E-state index contributed by atoms with van der Waals surface area (Å²) < 4.78 is 37.8. The number of thioether (sulfide) groups is 1. The lowest BCUT2D eigenvalue weighted by Crippen LogP contribution is -2.48. The van der Waals surface area contributed by atoms with E-state index in [-0.39, 0.29) is 27.2 Å². The Bertz CT molecular complexity index is 1480. The van der Waals surface area contributed by atoms with Crippen molar-refractivity contribution < 1.29 is 22.1 Å². The lowest BCUT2D eigenvalue weighted by Gasteiger charge is -2.30. The molecule has 1 aliphatic heterocycles. The van der Waals surface area contributed by atoms with E-state index in [4.69, 9.17) is 37.9 Å². The van der Waals surface area contributed by atoms with Crippen LogP contribution >= 0.6 is 35.0 Å². The highest BCUT2D eigenvalue weighted by molar-refractivity contribution is 8.08. The number of rotatable bonds is 7. The summed E-state index contributed by atoms with van der Waals surface area (Å²) in [4.78, 5) is 16.2. The summed E-state index contributed by atoms with van der Waals surface area (Å²) in [7, 11) is -3.02. The molecule has 37 heavy (non-hydrogen) atoms. The molecule has 1 heterocycles. The summed E-state index contributed by atoms with van der Waals surface area (Å²) in [6.07, 6.45) is 0. The molecular weight excluding hydrogens is 555 g/mol. The van der Waals surface area contributed by atoms with Gasteiger partial charge in [0.1, 0.15) is 10.6 Å². The minimum absolute atomic E-state index is 0.0899. The quantitative estimate of drug-likeness (QED) is 0.345. The molecule has 194 valence electrons. The minimum atomic E-state index is -4.56. The van der Waals surface area contributed by atoms with Gasteiger partial charge < -0.3 is 19.6 Å². The molecule has 7 nitrogen and oxygen atoms in total. The number of nitrogens with two attached hydrogens (primary N) is 1. The summed E-state index contributed by atoms with van der Waals surface area (Å²) >= 11 is 13.4. The first-order valence-electron chi connectivity index (χ1n) is 11.1. The zero-order chi connectivity index (χ0) is 27.0. The highest BCUT2D eigenvalue weighted by Crippen LogP contribution is 2.46. The summed E-state index contributed by atoms with van der Waals surface area (Å²) in [5.41, 5.74) is 6.64. The van der Waals surface area contributed by atoms with Crippen LogP contribution in [0.5, 0.6) is 5.75 Å². The maximum absolute atomic E-state index is 14.1. The van der Waals surface area contributed by atoms with E-state index in [0.717, 1.165) is 4.90 Å². The molecule has 0 radical (unpaired) electrons. The predicted octanol–water partition coefficient (Wildman–Crippen LogP) is 5.95. The molecule has 11 heteroatoms. The fourth-order valence-electron chi connectivity index (χ4n) is 3.65. The Morgan fingerprint density at radius 2 is 1.70 bits per heavy atom. The van der Waals surface area contributed by atoms with Crippen LogP contribution in [0.1, 0.15) is 19.4 Å². The number of halogens is 2. The van der Waals surface area contributed by atoms with E-state index in [2.05, 4.69) is 0 Å². The largest absolute Gasteiger partial charge is 0.497 e. The molecule has 0 atom stereocenters. The van der Waals surface area contributed by atoms with Gasteiger partial charge in [-0.2, -0.15) is 8.42 Å². The van der Waals surface area contributed by atoms with Crippen molar-refractivity contribution in [1.82, 2.24) is 0 Å². The second kappa shape index (κ2) is 10.6. The second-order valence-electron chi connectivity index (χ2n) is 8.95. The van der Waals surface area contributed by atoms with Crippen LogP contribution in [-0.4, -0.2) is 33.5 Å². The number of anilines is 1. The topological polar surface area (TPSA) is 98.9 Å². The predicted molar refractivity (Wildman–Crippen MR) is 148 cm³/mol. The first-order chi connectivity index (χ1) is 17.4. The van der Waals surface area contributed by atoms with Gasteiger partial charge in [-0.1, -0.05) is 59.2 Å². The van der Waals surface area contributed by atoms with Crippen molar-refractivity contribution in [3.05, 3.63) is 88.1 Å². The molecule has 0 fully saturated rings. The number of carbonyl (C=O) groups is 1. The summed E-state index contributed by atoms with van der Waals surface area (Å²) in [5, 5.41) is 0.0596. The maximum Gasteiger partial charge on any atom is 0.340 e. The van der Waals surface area contributed by atoms with Crippen LogP contribution in [-0.2, 0) is 19.1 Å². The maximum atomic E-state index is 14.1. The average molecular weight is 580 g/mol. The zero-order valence-corrected chi connectivity index (χ0v) is 23.3. The molecule has 4 rings (SSSR count). The van der Waals surface area contributed by atoms with Crippen molar-refractivity contribution in [3.63, 3.8) is 0 Å². The van der Waals surface area contributed by atoms with Crippen molar-refractivity contribution in [2.24, 2.45) is 5.73 Å². The summed E-state index contributed by atoms with van der Waals surface area (Å²) in [6.45, 7) is 3.65. The molecule has 0 aromatic heterocycles. The van der Waals surface area contributed by atoms with Crippen molar-refractivity contribution in [2.45, 2.75) is 29.2 Å². The Balaban J connectivity index is 1.94. The molecule has 0 saturated heterocycles. The highest BCUT2D eigenvalue weighted by Gasteiger charge is 2.37. The SMILES string of the molecule is COc1ccc(C2=C(OS(=O)(=O)c3cc(Cl)ccc3Cl)C(=O)N(CC(C)(C)N)c3ccccc3S2)cc1. The lowest BCUT2D eigenvalue weighted by atomic mass is 10.1. The Morgan fingerprint density at radius 3 is 2.35 bits per heavy atom. The van der Waals surface area contributed by atoms with Crippen LogP contribution in [0.15, 0.2) is 82.3 Å². The second-order valence-corrected chi connectivity index (χ2v) is 12.4. The van der Waals surface area contributed by atoms with Gasteiger partial charge in [-0.25, -0.2) is 0 Å². The molecule has 0 saturated carbocycles. The average Bonchev–Trinajstić information content (AvgIpc) is 2.95. The number of fused-ring (bicyclic) bond motifs is 1. The Labute approximate surface area is 230 Å². The number of hydrogen-bond donors (Lipinski definition) is 1. The van der Waals surface area contributed by atoms with Crippen LogP contribution in [0.3, 0.4) is 0 Å². The van der Waals surface area contributed by atoms with Gasteiger partial charge in [0.05, 0.1) is 22.7 Å². The van der Waals surface area contributed by atoms with Crippen molar-refractivity contribution in [3.8, 4) is 5.75 Å². The van der Waals surface area contributed by atoms with Crippen molar-refractivity contribution in [1.29, 1.82) is 0 Å². The van der Waals surface area contributed by atoms with Gasteiger partial charge in [0.25, 0.3) is 5.91 Å². The highest BCUT2D eigenvalue weighted by atomic mass is 35.5. The van der Waals surface area contributed by atoms with E-state index in [0.29, 0.717) is 21.9 Å². The number of carbonyl (C=O) groups excluding carboxylic acids is 1. The smallest absolute Gasteiger partial charge is 0.340 e. The number of hydrogen-bond acceptors (Lipinski definition) is 7. The number of benzene rings is 3. The number of methoxy groups -OCH3 is 1. The summed E-state index contributed by atoms with van der Waals surface area (Å²) in [6, 6.07) is 18.1. The Kier molecular flexibility index (Phi) is 7.83. The van der Waals surface area contributed by atoms with E-state index in [1.54, 1.807) is 50.2 Å². The molecule has 3 aromatic carbocycles. The molecule has 0 bridgehead atoms. The van der Waals surface area contributed by atoms with E-state index in [9.17, 15) is 13.2 Å². The van der Waals surface area contributed by atoms with Crippen LogP contribution in [0.2, 0.25) is 10.0 Å². The molecule has 1 amide bonds. The van der Waals surface area contributed by atoms with Crippen molar-refractivity contribution in [2.75, 3.05) is 18.6 Å². The van der Waals surface area contributed by atoms with Crippen LogP contribution in [0.4, 0.5) is 5.69 Å². The fraction of sp³-hybridized carbons (Fsp3) is 0.192. The number of para-hydroxylation sites is 1. The molecule has 0 aliphatic carbocycles. The van der Waals surface area contributed by atoms with E-state index >= 15 is 0 Å². The van der Waals surface area contributed by atoms with E-state index < -0.39 is 21.6 Å². The van der Waals surface area contributed by atoms with Crippen LogP contribution in [0.25, 0.3) is 4.91 Å². The number of amides is 1. The lowest BCUT2D eigenvalue weighted by molar-refractivity contribution is -0.117. The van der Waals surface area contributed by atoms with Crippen molar-refractivity contribution >= 4 is 61.6 Å². The molecule has 1 aliphatic rings. The molecular formula is C26H24Cl2N2O5S2. The third-order valence-electron chi connectivity index (χ3n) is 5.29. The van der Waals surface area contributed by atoms with Gasteiger partial charge in [-0.15, -0.1) is 0 Å². The van der Waals surface area contributed by atoms with E-state index in [1.165, 1.54) is 42.0 Å². The van der Waals surface area contributed by atoms with Gasteiger partial charge in [0.2, 0.25) is 5.76 Å². The fourth-order valence-corrected chi connectivity index (χ4v) is 6.50. The number of ether oxygens (including phenoxy) is 1. The molecule has 3 aromatic rings. The first kappa shape index (κ1) is 27.3. The standard InChI is InChI=1S/C26H24Cl2N2O5S2/c1-26(2,29)15-30-20-6-4-5-7-21(20)36-24(16-8-11-18(34-3)12-9-16)23(25(30)31)35-37(32,33)22-14-17(27)10-13-19(22)28/h4-14H,15,29H2,1-3H3. The minimum Gasteiger partial charge on any atom is -0.497 e. The summed E-state index contributed by atoms with van der Waals surface area (Å²) in [5.74, 6) is -0.447. The normalized spacial score (nSPS) is 14.3. The van der Waals surface area contributed by atoms with Crippen LogP contribution in [0, 0.1) is 0 Å². The van der Waals surface area contributed by atoms with Gasteiger partial charge in [0, 0.05) is 22.0 Å². The van der Waals surface area contributed by atoms with Crippen LogP contribution < -0.4 is 15.4 Å². The number of nitrogens with zero attached hydrogens (tertiary/aromatic N) is 1. The molecule has 2 N–H and O–H groups in total. The molecule has 0 spiro atoms. The van der Waals surface area contributed by atoms with Gasteiger partial charge in [0.15, 0.2) is 0 Å². The van der Waals surface area contributed by atoms with E-state index in [1.807, 2.05) is 12.1 Å². The zero-order valence-electron chi connectivity index (χ0n) is 20.2. The first-order valence-corrected chi connectivity index (χ1v) is 14.0. The van der Waals surface area contributed by atoms with Gasteiger partial charge in [-0.3, -0.25) is 4.79 Å². The third kappa shape index (κ3) is 6.08. The third-order valence-corrected chi connectivity index (χ3v) is 8.42. The Morgan fingerprint density at radius 1 is 1.03 bits per heavy atom.